The first-order valence-electron chi connectivity index (χ1n) is 4.71. The Balaban J connectivity index is 3.02. The van der Waals surface area contributed by atoms with Crippen LogP contribution in [0.25, 0.3) is 0 Å². The Morgan fingerprint density at radius 1 is 1.67 bits per heavy atom. The van der Waals surface area contributed by atoms with Gasteiger partial charge in [-0.15, -0.1) is 0 Å². The summed E-state index contributed by atoms with van der Waals surface area (Å²) in [4.78, 5) is 15.4. The molecular formula is C10H17N3O2. The molecule has 1 aromatic heterocycles. The maximum absolute atomic E-state index is 11.4. The second kappa shape index (κ2) is 4.02. The van der Waals surface area contributed by atoms with Gasteiger partial charge in [-0.1, -0.05) is 13.8 Å². The van der Waals surface area contributed by atoms with Crippen LogP contribution in [0.15, 0.2) is 12.5 Å². The van der Waals surface area contributed by atoms with Gasteiger partial charge in [-0.3, -0.25) is 4.79 Å². The zero-order valence-electron chi connectivity index (χ0n) is 9.52. The Bertz CT molecular complexity index is 357. The fraction of sp³-hybridized carbons (Fsp3) is 0.600. The summed E-state index contributed by atoms with van der Waals surface area (Å²) in [5.41, 5.74) is 6.25. The number of imidazole rings is 1. The Morgan fingerprint density at radius 3 is 2.67 bits per heavy atom. The fourth-order valence-corrected chi connectivity index (χ4v) is 1.56. The molecule has 0 aliphatic heterocycles. The van der Waals surface area contributed by atoms with Crippen molar-refractivity contribution in [2.45, 2.75) is 25.3 Å². The number of rotatable bonds is 3. The highest BCUT2D eigenvalue weighted by molar-refractivity contribution is 5.77. The fourth-order valence-electron chi connectivity index (χ4n) is 1.56. The second-order valence-corrected chi connectivity index (χ2v) is 4.11. The molecular weight excluding hydrogens is 194 g/mol. The Labute approximate surface area is 89.2 Å². The zero-order valence-corrected chi connectivity index (χ0v) is 9.52. The summed E-state index contributed by atoms with van der Waals surface area (Å²) >= 11 is 0. The van der Waals surface area contributed by atoms with Crippen molar-refractivity contribution in [1.82, 2.24) is 9.55 Å². The van der Waals surface area contributed by atoms with Crippen LogP contribution in [0, 0.1) is 0 Å². The van der Waals surface area contributed by atoms with Crippen LogP contribution in [0.5, 0.6) is 0 Å². The van der Waals surface area contributed by atoms with Crippen molar-refractivity contribution in [1.29, 1.82) is 0 Å². The van der Waals surface area contributed by atoms with Gasteiger partial charge in [0, 0.05) is 24.4 Å². The molecule has 0 saturated carbocycles. The highest BCUT2D eigenvalue weighted by Crippen LogP contribution is 2.25. The number of hydrogen-bond donors (Lipinski definition) is 1. The van der Waals surface area contributed by atoms with Crippen molar-refractivity contribution in [3.63, 3.8) is 0 Å². The smallest absolute Gasteiger partial charge is 0.323 e. The van der Waals surface area contributed by atoms with Crippen molar-refractivity contribution in [2.24, 2.45) is 12.8 Å². The van der Waals surface area contributed by atoms with Gasteiger partial charge in [-0.25, -0.2) is 4.98 Å². The molecule has 1 atom stereocenters. The third-order valence-corrected chi connectivity index (χ3v) is 2.71. The summed E-state index contributed by atoms with van der Waals surface area (Å²) in [6.45, 7) is 3.79. The van der Waals surface area contributed by atoms with E-state index in [4.69, 9.17) is 5.73 Å². The van der Waals surface area contributed by atoms with Crippen LogP contribution in [0.3, 0.4) is 0 Å². The molecule has 1 unspecified atom stereocenters. The second-order valence-electron chi connectivity index (χ2n) is 4.11. The molecule has 0 saturated heterocycles. The molecule has 0 bridgehead atoms. The Kier molecular flexibility index (Phi) is 3.14. The number of carbonyl (C=O) groups excluding carboxylic acids is 1. The number of aromatic nitrogens is 2. The quantitative estimate of drug-likeness (QED) is 0.725. The van der Waals surface area contributed by atoms with Crippen LogP contribution in [-0.2, 0) is 22.0 Å². The highest BCUT2D eigenvalue weighted by atomic mass is 16.5. The lowest BCUT2D eigenvalue weighted by Gasteiger charge is -2.29. The number of ether oxygens (including phenoxy) is 1. The Hall–Kier alpha value is -1.36. The standard InChI is InChI=1S/C10H17N3O2/c1-10(2,8(11)9(14)15-4)7-5-12-6-13(7)3/h5-6,8H,11H2,1-4H3. The van der Waals surface area contributed by atoms with Crippen LogP contribution in [0.2, 0.25) is 0 Å². The molecule has 0 fully saturated rings. The van der Waals surface area contributed by atoms with Gasteiger partial charge in [0.25, 0.3) is 0 Å². The predicted molar refractivity (Wildman–Crippen MR) is 56.2 cm³/mol. The maximum atomic E-state index is 11.4. The van der Waals surface area contributed by atoms with Gasteiger partial charge in [0.2, 0.25) is 0 Å². The summed E-state index contributed by atoms with van der Waals surface area (Å²) < 4.78 is 6.49. The molecule has 0 aliphatic rings. The SMILES string of the molecule is COC(=O)C(N)C(C)(C)c1cncn1C. The molecule has 0 spiro atoms. The molecule has 0 amide bonds. The molecule has 0 aromatic carbocycles. The minimum atomic E-state index is -0.696. The summed E-state index contributed by atoms with van der Waals surface area (Å²) in [6.07, 6.45) is 3.39. The summed E-state index contributed by atoms with van der Waals surface area (Å²) in [5.74, 6) is -0.416. The molecule has 5 heteroatoms. The third kappa shape index (κ3) is 2.02. The monoisotopic (exact) mass is 211 g/mol. The topological polar surface area (TPSA) is 70.1 Å². The van der Waals surface area contributed by atoms with E-state index >= 15 is 0 Å². The largest absolute Gasteiger partial charge is 0.468 e. The van der Waals surface area contributed by atoms with Crippen molar-refractivity contribution < 1.29 is 9.53 Å². The van der Waals surface area contributed by atoms with Gasteiger partial charge >= 0.3 is 5.97 Å². The number of nitrogens with zero attached hydrogens (tertiary/aromatic N) is 2. The van der Waals surface area contributed by atoms with Gasteiger partial charge < -0.3 is 15.0 Å². The number of esters is 1. The van der Waals surface area contributed by atoms with Crippen LogP contribution >= 0.6 is 0 Å². The minimum Gasteiger partial charge on any atom is -0.468 e. The molecule has 1 rings (SSSR count). The molecule has 0 radical (unpaired) electrons. The van der Waals surface area contributed by atoms with E-state index in [0.717, 1.165) is 5.69 Å². The van der Waals surface area contributed by atoms with Crippen molar-refractivity contribution >= 4 is 5.97 Å². The first kappa shape index (κ1) is 11.7. The number of nitrogens with two attached hydrogens (primary N) is 1. The number of methoxy groups -OCH3 is 1. The van der Waals surface area contributed by atoms with E-state index in [2.05, 4.69) is 9.72 Å². The first-order chi connectivity index (χ1) is 6.91. The molecule has 84 valence electrons. The van der Waals surface area contributed by atoms with Crippen LogP contribution < -0.4 is 5.73 Å². The predicted octanol–water partition coefficient (Wildman–Crippen LogP) is 0.198. The molecule has 1 aromatic rings. The van der Waals surface area contributed by atoms with Gasteiger partial charge in [0.05, 0.1) is 13.4 Å². The number of carbonyl (C=O) groups is 1. The molecule has 0 aliphatic carbocycles. The van der Waals surface area contributed by atoms with E-state index in [0.29, 0.717) is 0 Å². The summed E-state index contributed by atoms with van der Waals surface area (Å²) in [7, 11) is 3.20. The van der Waals surface area contributed by atoms with E-state index in [1.54, 1.807) is 12.5 Å². The van der Waals surface area contributed by atoms with Crippen LogP contribution in [0.1, 0.15) is 19.5 Å². The van der Waals surface area contributed by atoms with Crippen molar-refractivity contribution in [2.75, 3.05) is 7.11 Å². The van der Waals surface area contributed by atoms with Gasteiger partial charge in [-0.05, 0) is 0 Å². The first-order valence-corrected chi connectivity index (χ1v) is 4.71. The molecule has 1 heterocycles. The lowest BCUT2D eigenvalue weighted by molar-refractivity contribution is -0.143. The van der Waals surface area contributed by atoms with E-state index in [-0.39, 0.29) is 0 Å². The lowest BCUT2D eigenvalue weighted by atomic mass is 9.82. The van der Waals surface area contributed by atoms with E-state index in [1.807, 2.05) is 25.5 Å². The molecule has 5 nitrogen and oxygen atoms in total. The Morgan fingerprint density at radius 2 is 2.27 bits per heavy atom. The van der Waals surface area contributed by atoms with Gasteiger partial charge in [0.15, 0.2) is 0 Å². The number of aryl methyl sites for hydroxylation is 1. The third-order valence-electron chi connectivity index (χ3n) is 2.71. The van der Waals surface area contributed by atoms with E-state index in [1.165, 1.54) is 7.11 Å². The van der Waals surface area contributed by atoms with Crippen LogP contribution in [-0.4, -0.2) is 28.7 Å². The summed E-state index contributed by atoms with van der Waals surface area (Å²) in [5, 5.41) is 0. The van der Waals surface area contributed by atoms with Gasteiger partial charge in [-0.2, -0.15) is 0 Å². The van der Waals surface area contributed by atoms with Crippen molar-refractivity contribution in [3.8, 4) is 0 Å². The van der Waals surface area contributed by atoms with E-state index in [9.17, 15) is 4.79 Å². The molecule has 15 heavy (non-hydrogen) atoms. The highest BCUT2D eigenvalue weighted by Gasteiger charge is 2.36. The molecule has 2 N–H and O–H groups in total. The van der Waals surface area contributed by atoms with Gasteiger partial charge in [0.1, 0.15) is 6.04 Å². The number of hydrogen-bond acceptors (Lipinski definition) is 4. The normalized spacial score (nSPS) is 13.7. The average molecular weight is 211 g/mol. The average Bonchev–Trinajstić information content (AvgIpc) is 2.62. The zero-order chi connectivity index (χ0) is 11.6. The van der Waals surface area contributed by atoms with E-state index < -0.39 is 17.4 Å². The summed E-state index contributed by atoms with van der Waals surface area (Å²) in [6, 6.07) is -0.696. The minimum absolute atomic E-state index is 0.416. The van der Waals surface area contributed by atoms with Crippen LogP contribution in [0.4, 0.5) is 0 Å². The lowest BCUT2D eigenvalue weighted by Crippen LogP contribution is -2.48. The van der Waals surface area contributed by atoms with Crippen molar-refractivity contribution in [3.05, 3.63) is 18.2 Å². The maximum Gasteiger partial charge on any atom is 0.323 e.